The quantitative estimate of drug-likeness (QED) is 0.823. The molecule has 0 unspecified atom stereocenters. The van der Waals surface area contributed by atoms with E-state index in [4.69, 9.17) is 10.5 Å². The molecule has 6 nitrogen and oxygen atoms in total. The predicted octanol–water partition coefficient (Wildman–Crippen LogP) is 1.95. The molecule has 0 radical (unpaired) electrons. The van der Waals surface area contributed by atoms with Crippen LogP contribution in [0.15, 0.2) is 24.3 Å². The van der Waals surface area contributed by atoms with Gasteiger partial charge in [-0.05, 0) is 38.5 Å². The molecule has 1 aromatic carbocycles. The van der Waals surface area contributed by atoms with Crippen molar-refractivity contribution in [2.24, 2.45) is 5.73 Å². The molecular weight excluding hydrogens is 347 g/mol. The van der Waals surface area contributed by atoms with Crippen LogP contribution in [0.2, 0.25) is 0 Å². The molecule has 3 atom stereocenters. The van der Waals surface area contributed by atoms with Gasteiger partial charge in [-0.2, -0.15) is 0 Å². The summed E-state index contributed by atoms with van der Waals surface area (Å²) in [5.41, 5.74) is 4.41. The van der Waals surface area contributed by atoms with Crippen LogP contribution in [0, 0.1) is 5.82 Å². The lowest BCUT2D eigenvalue weighted by molar-refractivity contribution is 0.0497. The summed E-state index contributed by atoms with van der Waals surface area (Å²) in [6.45, 7) is 6.55. The number of rotatable bonds is 5. The van der Waals surface area contributed by atoms with Crippen LogP contribution in [-0.2, 0) is 14.6 Å². The zero-order valence-corrected chi connectivity index (χ0v) is 15.7. The summed E-state index contributed by atoms with van der Waals surface area (Å²) in [5, 5.41) is 1.73. The highest BCUT2D eigenvalue weighted by Gasteiger charge is 2.71. The summed E-state index contributed by atoms with van der Waals surface area (Å²) in [7, 11) is -3.52. The van der Waals surface area contributed by atoms with Gasteiger partial charge < -0.3 is 15.8 Å². The first-order valence-electron chi connectivity index (χ1n) is 8.15. The van der Waals surface area contributed by atoms with E-state index in [-0.39, 0.29) is 12.3 Å². The maximum Gasteiger partial charge on any atom is 0.408 e. The molecule has 1 aliphatic carbocycles. The number of nitrogens with one attached hydrogen (secondary N) is 1. The molecule has 0 aliphatic heterocycles. The van der Waals surface area contributed by atoms with Crippen LogP contribution in [-0.4, -0.2) is 43.2 Å². The second-order valence-electron chi connectivity index (χ2n) is 7.28. The van der Waals surface area contributed by atoms with Gasteiger partial charge in [0, 0.05) is 18.2 Å². The Balaban J connectivity index is 2.40. The highest BCUT2D eigenvalue weighted by Crippen LogP contribution is 2.55. The minimum absolute atomic E-state index is 0.0960. The van der Waals surface area contributed by atoms with Crippen molar-refractivity contribution in [3.63, 3.8) is 0 Å². The van der Waals surface area contributed by atoms with E-state index in [1.165, 1.54) is 25.1 Å². The Morgan fingerprint density at radius 3 is 2.52 bits per heavy atom. The van der Waals surface area contributed by atoms with E-state index >= 15 is 0 Å². The Morgan fingerprint density at radius 1 is 1.40 bits per heavy atom. The van der Waals surface area contributed by atoms with Gasteiger partial charge in [-0.3, -0.25) is 0 Å². The van der Waals surface area contributed by atoms with Gasteiger partial charge in [0.2, 0.25) is 0 Å². The second-order valence-corrected chi connectivity index (χ2v) is 9.69. The highest BCUT2D eigenvalue weighted by molar-refractivity contribution is 7.92. The number of carbonyl (C=O) groups is 1. The van der Waals surface area contributed by atoms with Crippen molar-refractivity contribution in [1.29, 1.82) is 0 Å². The van der Waals surface area contributed by atoms with Gasteiger partial charge in [0.05, 0.1) is 10.8 Å². The molecule has 25 heavy (non-hydrogen) atoms. The third kappa shape index (κ3) is 3.95. The fourth-order valence-electron chi connectivity index (χ4n) is 3.22. The van der Waals surface area contributed by atoms with Gasteiger partial charge in [-0.25, -0.2) is 17.6 Å². The van der Waals surface area contributed by atoms with Crippen LogP contribution >= 0.6 is 0 Å². The van der Waals surface area contributed by atoms with E-state index in [0.29, 0.717) is 5.56 Å². The third-order valence-electron chi connectivity index (χ3n) is 4.32. The number of carbonyl (C=O) groups excluding carboxylic acids is 1. The Kier molecular flexibility index (Phi) is 5.16. The third-order valence-corrected chi connectivity index (χ3v) is 6.60. The van der Waals surface area contributed by atoms with Crippen LogP contribution in [0.25, 0.3) is 0 Å². The molecule has 0 bridgehead atoms. The molecule has 0 aromatic heterocycles. The van der Waals surface area contributed by atoms with Crippen LogP contribution in [0.1, 0.15) is 39.2 Å². The van der Waals surface area contributed by atoms with Crippen LogP contribution in [0.5, 0.6) is 0 Å². The van der Waals surface area contributed by atoms with Crippen molar-refractivity contribution in [2.45, 2.75) is 50.0 Å². The Labute approximate surface area is 147 Å². The standard InChI is InChI=1S/C17H25FN2O4S/c1-5-25(22,23)14-13(11-7-6-8-12(18)9-11)17(14,10-19)20-15(21)24-16(2,3)4/h6-9,13-14H,5,10,19H2,1-4H3,(H,20,21)/t13-,14-,17+/m1/s1. The lowest BCUT2D eigenvalue weighted by atomic mass is 10.1. The monoisotopic (exact) mass is 372 g/mol. The summed E-state index contributed by atoms with van der Waals surface area (Å²) in [6.07, 6.45) is -0.742. The van der Waals surface area contributed by atoms with E-state index in [0.717, 1.165) is 0 Å². The number of sulfone groups is 1. The van der Waals surface area contributed by atoms with Crippen molar-refractivity contribution >= 4 is 15.9 Å². The molecule has 2 rings (SSSR count). The molecule has 1 aliphatic rings. The molecule has 1 saturated carbocycles. The molecule has 0 heterocycles. The lowest BCUT2D eigenvalue weighted by Crippen LogP contribution is -2.49. The number of benzene rings is 1. The Morgan fingerprint density at radius 2 is 2.04 bits per heavy atom. The number of hydrogen-bond acceptors (Lipinski definition) is 5. The fourth-order valence-corrected chi connectivity index (χ4v) is 5.26. The maximum absolute atomic E-state index is 13.6. The van der Waals surface area contributed by atoms with E-state index in [1.807, 2.05) is 0 Å². The number of alkyl carbamates (subject to hydrolysis) is 1. The molecule has 140 valence electrons. The minimum atomic E-state index is -3.52. The Bertz CT molecular complexity index is 760. The minimum Gasteiger partial charge on any atom is -0.444 e. The highest BCUT2D eigenvalue weighted by atomic mass is 32.2. The molecule has 0 saturated heterocycles. The number of nitrogens with two attached hydrogens (primary N) is 1. The summed E-state index contributed by atoms with van der Waals surface area (Å²) >= 11 is 0. The van der Waals surface area contributed by atoms with Gasteiger partial charge in [0.1, 0.15) is 11.4 Å². The number of ether oxygens (including phenoxy) is 1. The largest absolute Gasteiger partial charge is 0.444 e. The van der Waals surface area contributed by atoms with Crippen LogP contribution in [0.4, 0.5) is 9.18 Å². The lowest BCUT2D eigenvalue weighted by Gasteiger charge is -2.24. The Hall–Kier alpha value is -1.67. The second kappa shape index (κ2) is 6.57. The number of halogens is 1. The van der Waals surface area contributed by atoms with Crippen LogP contribution in [0.3, 0.4) is 0 Å². The first-order valence-corrected chi connectivity index (χ1v) is 9.86. The summed E-state index contributed by atoms with van der Waals surface area (Å²) < 4.78 is 43.9. The topological polar surface area (TPSA) is 98.5 Å². The summed E-state index contributed by atoms with van der Waals surface area (Å²) in [5.74, 6) is -1.19. The van der Waals surface area contributed by atoms with Gasteiger partial charge in [0.25, 0.3) is 0 Å². The number of hydrogen-bond donors (Lipinski definition) is 2. The van der Waals surface area contributed by atoms with Gasteiger partial charge in [-0.1, -0.05) is 19.1 Å². The van der Waals surface area contributed by atoms with Crippen LogP contribution < -0.4 is 11.1 Å². The zero-order chi connectivity index (χ0) is 19.0. The van der Waals surface area contributed by atoms with Crippen molar-refractivity contribution in [2.75, 3.05) is 12.3 Å². The smallest absolute Gasteiger partial charge is 0.408 e. The molecule has 1 fully saturated rings. The predicted molar refractivity (Wildman–Crippen MR) is 93.5 cm³/mol. The van der Waals surface area contributed by atoms with E-state index in [9.17, 15) is 17.6 Å². The normalized spacial score (nSPS) is 26.2. The average Bonchev–Trinajstić information content (AvgIpc) is 3.15. The summed E-state index contributed by atoms with van der Waals surface area (Å²) in [4.78, 5) is 12.2. The van der Waals surface area contributed by atoms with Crippen molar-refractivity contribution in [3.05, 3.63) is 35.6 Å². The van der Waals surface area contributed by atoms with Crippen molar-refractivity contribution in [1.82, 2.24) is 5.32 Å². The SMILES string of the molecule is CCS(=O)(=O)[C@@H]1[C@@H](c2cccc(F)c2)[C@]1(CN)NC(=O)OC(C)(C)C. The molecule has 3 N–H and O–H groups in total. The number of amides is 1. The van der Waals surface area contributed by atoms with E-state index in [2.05, 4.69) is 5.32 Å². The maximum atomic E-state index is 13.6. The molecule has 0 spiro atoms. The van der Waals surface area contributed by atoms with E-state index < -0.39 is 44.1 Å². The average molecular weight is 372 g/mol. The first-order chi connectivity index (χ1) is 11.5. The first kappa shape index (κ1) is 19.7. The fraction of sp³-hybridized carbons (Fsp3) is 0.588. The molecule has 1 aromatic rings. The molecule has 1 amide bonds. The zero-order valence-electron chi connectivity index (χ0n) is 14.9. The van der Waals surface area contributed by atoms with Gasteiger partial charge in [0.15, 0.2) is 9.84 Å². The van der Waals surface area contributed by atoms with Gasteiger partial charge >= 0.3 is 6.09 Å². The van der Waals surface area contributed by atoms with Gasteiger partial charge in [-0.15, -0.1) is 0 Å². The summed E-state index contributed by atoms with van der Waals surface area (Å²) in [6, 6.07) is 5.70. The molecule has 8 heteroatoms. The van der Waals surface area contributed by atoms with Crippen molar-refractivity contribution < 1.29 is 22.3 Å². The van der Waals surface area contributed by atoms with Crippen molar-refractivity contribution in [3.8, 4) is 0 Å². The molecular formula is C17H25FN2O4S. The van der Waals surface area contributed by atoms with E-state index in [1.54, 1.807) is 26.8 Å².